The molecule has 2 heterocycles. The van der Waals surface area contributed by atoms with Crippen molar-refractivity contribution in [3.8, 4) is 0 Å². The molecule has 0 bridgehead atoms. The summed E-state index contributed by atoms with van der Waals surface area (Å²) in [4.78, 5) is 15.1. The third-order valence-electron chi connectivity index (χ3n) is 2.64. The summed E-state index contributed by atoms with van der Waals surface area (Å²) in [7, 11) is 0. The Morgan fingerprint density at radius 2 is 2.44 bits per heavy atom. The minimum Gasteiger partial charge on any atom is -0.394 e. The van der Waals surface area contributed by atoms with Gasteiger partial charge in [-0.3, -0.25) is 4.57 Å². The highest BCUT2D eigenvalue weighted by atomic mass is 16.5. The van der Waals surface area contributed by atoms with Crippen molar-refractivity contribution in [2.45, 2.75) is 18.2 Å². The normalized spacial score (nSPS) is 29.5. The predicted molar refractivity (Wildman–Crippen MR) is 54.8 cm³/mol. The Morgan fingerprint density at radius 1 is 1.69 bits per heavy atom. The fraction of sp³-hybridized carbons (Fsp3) is 0.556. The maximum atomic E-state index is 11.5. The Balaban J connectivity index is 2.29. The SMILES string of the molecule is Nc1ccn([C@@H]2COC(CO)C2O)c(=O)n1. The molecule has 1 saturated heterocycles. The van der Waals surface area contributed by atoms with E-state index in [0.717, 1.165) is 0 Å². The van der Waals surface area contributed by atoms with Gasteiger partial charge < -0.3 is 20.7 Å². The Morgan fingerprint density at radius 3 is 3.00 bits per heavy atom. The molecule has 2 rings (SSSR count). The standard InChI is InChI=1S/C9H13N3O4/c10-7-1-2-12(9(15)11-7)5-4-16-6(3-13)8(5)14/h1-2,5-6,8,13-14H,3-4H2,(H2,10,11,15)/t5-,6?,8?/m1/s1. The number of ether oxygens (including phenoxy) is 1. The molecule has 0 aliphatic carbocycles. The number of nitrogens with two attached hydrogens (primary N) is 1. The van der Waals surface area contributed by atoms with Crippen molar-refractivity contribution in [2.75, 3.05) is 18.9 Å². The highest BCUT2D eigenvalue weighted by Gasteiger charge is 2.37. The van der Waals surface area contributed by atoms with Gasteiger partial charge in [0.05, 0.1) is 19.3 Å². The highest BCUT2D eigenvalue weighted by molar-refractivity contribution is 5.23. The van der Waals surface area contributed by atoms with Crippen molar-refractivity contribution >= 4 is 5.82 Å². The summed E-state index contributed by atoms with van der Waals surface area (Å²) >= 11 is 0. The zero-order chi connectivity index (χ0) is 11.7. The average Bonchev–Trinajstić information content (AvgIpc) is 2.60. The molecule has 1 aliphatic heterocycles. The van der Waals surface area contributed by atoms with Crippen LogP contribution < -0.4 is 11.4 Å². The van der Waals surface area contributed by atoms with Crippen molar-refractivity contribution in [1.82, 2.24) is 9.55 Å². The first kappa shape index (κ1) is 11.1. The van der Waals surface area contributed by atoms with E-state index >= 15 is 0 Å². The van der Waals surface area contributed by atoms with Crippen LogP contribution in [0.3, 0.4) is 0 Å². The molecular formula is C9H13N3O4. The van der Waals surface area contributed by atoms with Crippen LogP contribution in [0, 0.1) is 0 Å². The molecule has 2 unspecified atom stereocenters. The van der Waals surface area contributed by atoms with Crippen molar-refractivity contribution in [1.29, 1.82) is 0 Å². The number of hydrogen-bond acceptors (Lipinski definition) is 6. The van der Waals surface area contributed by atoms with E-state index < -0.39 is 23.9 Å². The predicted octanol–water partition coefficient (Wildman–Crippen LogP) is -1.88. The van der Waals surface area contributed by atoms with E-state index in [1.54, 1.807) is 0 Å². The zero-order valence-corrected chi connectivity index (χ0v) is 8.48. The summed E-state index contributed by atoms with van der Waals surface area (Å²) < 4.78 is 6.41. The second-order valence-corrected chi connectivity index (χ2v) is 3.65. The fourth-order valence-electron chi connectivity index (χ4n) is 1.75. The van der Waals surface area contributed by atoms with Gasteiger partial charge in [0.1, 0.15) is 18.0 Å². The molecule has 88 valence electrons. The van der Waals surface area contributed by atoms with Gasteiger partial charge in [0.15, 0.2) is 0 Å². The number of aromatic nitrogens is 2. The second kappa shape index (κ2) is 4.20. The number of hydrogen-bond donors (Lipinski definition) is 3. The number of nitrogens with zero attached hydrogens (tertiary/aromatic N) is 2. The molecule has 3 atom stereocenters. The van der Waals surface area contributed by atoms with Gasteiger partial charge in [-0.25, -0.2) is 4.79 Å². The Kier molecular flexibility index (Phi) is 2.90. The van der Waals surface area contributed by atoms with Crippen molar-refractivity contribution in [2.24, 2.45) is 0 Å². The van der Waals surface area contributed by atoms with Gasteiger partial charge in [0.2, 0.25) is 0 Å². The van der Waals surface area contributed by atoms with Crippen LogP contribution in [-0.4, -0.2) is 45.2 Å². The van der Waals surface area contributed by atoms with Crippen LogP contribution in [0.25, 0.3) is 0 Å². The van der Waals surface area contributed by atoms with Gasteiger partial charge in [0.25, 0.3) is 0 Å². The van der Waals surface area contributed by atoms with E-state index in [1.165, 1.54) is 16.8 Å². The quantitative estimate of drug-likeness (QED) is 0.545. The van der Waals surface area contributed by atoms with Crippen LogP contribution in [0.15, 0.2) is 17.1 Å². The largest absolute Gasteiger partial charge is 0.394 e. The monoisotopic (exact) mass is 227 g/mol. The van der Waals surface area contributed by atoms with Gasteiger partial charge >= 0.3 is 5.69 Å². The maximum absolute atomic E-state index is 11.5. The molecule has 1 aromatic rings. The van der Waals surface area contributed by atoms with Crippen molar-refractivity contribution in [3.63, 3.8) is 0 Å². The van der Waals surface area contributed by atoms with Crippen LogP contribution in [0.2, 0.25) is 0 Å². The third-order valence-corrected chi connectivity index (χ3v) is 2.64. The van der Waals surface area contributed by atoms with Crippen LogP contribution in [0.1, 0.15) is 6.04 Å². The number of aliphatic hydroxyl groups excluding tert-OH is 2. The summed E-state index contributed by atoms with van der Waals surface area (Å²) in [5, 5.41) is 18.7. The Labute approximate surface area is 91.1 Å². The molecule has 0 amide bonds. The van der Waals surface area contributed by atoms with Crippen molar-refractivity contribution in [3.05, 3.63) is 22.7 Å². The molecule has 1 aromatic heterocycles. The third kappa shape index (κ3) is 1.80. The highest BCUT2D eigenvalue weighted by Crippen LogP contribution is 2.23. The van der Waals surface area contributed by atoms with E-state index in [0.29, 0.717) is 0 Å². The number of aliphatic hydroxyl groups is 2. The van der Waals surface area contributed by atoms with E-state index in [9.17, 15) is 9.90 Å². The molecule has 16 heavy (non-hydrogen) atoms. The van der Waals surface area contributed by atoms with Gasteiger partial charge in [-0.05, 0) is 6.07 Å². The van der Waals surface area contributed by atoms with E-state index in [-0.39, 0.29) is 19.0 Å². The van der Waals surface area contributed by atoms with E-state index in [4.69, 9.17) is 15.6 Å². The lowest BCUT2D eigenvalue weighted by atomic mass is 10.1. The van der Waals surface area contributed by atoms with Gasteiger partial charge in [-0.2, -0.15) is 4.98 Å². The number of anilines is 1. The molecule has 0 radical (unpaired) electrons. The molecule has 0 aromatic carbocycles. The number of nitrogen functional groups attached to an aromatic ring is 1. The smallest absolute Gasteiger partial charge is 0.349 e. The summed E-state index contributed by atoms with van der Waals surface area (Å²) in [6.07, 6.45) is -0.121. The lowest BCUT2D eigenvalue weighted by molar-refractivity contribution is 0.00189. The molecule has 7 heteroatoms. The first-order valence-corrected chi connectivity index (χ1v) is 4.88. The Hall–Kier alpha value is -1.44. The first-order valence-electron chi connectivity index (χ1n) is 4.88. The summed E-state index contributed by atoms with van der Waals surface area (Å²) in [6, 6.07) is 0.943. The summed E-state index contributed by atoms with van der Waals surface area (Å²) in [6.45, 7) is -0.118. The molecular weight excluding hydrogens is 214 g/mol. The van der Waals surface area contributed by atoms with E-state index in [1.807, 2.05) is 0 Å². The second-order valence-electron chi connectivity index (χ2n) is 3.65. The molecule has 0 spiro atoms. The topological polar surface area (TPSA) is 111 Å². The molecule has 7 nitrogen and oxygen atoms in total. The maximum Gasteiger partial charge on any atom is 0.349 e. The molecule has 0 saturated carbocycles. The van der Waals surface area contributed by atoms with Gasteiger partial charge in [0, 0.05) is 6.20 Å². The minimum absolute atomic E-state index is 0.133. The van der Waals surface area contributed by atoms with Crippen molar-refractivity contribution < 1.29 is 14.9 Å². The summed E-state index contributed by atoms with van der Waals surface area (Å²) in [5.74, 6) is 0.133. The van der Waals surface area contributed by atoms with Gasteiger partial charge in [-0.1, -0.05) is 0 Å². The average molecular weight is 227 g/mol. The molecule has 4 N–H and O–H groups in total. The lowest BCUT2D eigenvalue weighted by Gasteiger charge is -2.17. The van der Waals surface area contributed by atoms with E-state index in [2.05, 4.69) is 4.98 Å². The van der Waals surface area contributed by atoms with Crippen LogP contribution in [0.4, 0.5) is 5.82 Å². The van der Waals surface area contributed by atoms with Crippen LogP contribution in [-0.2, 0) is 4.74 Å². The van der Waals surface area contributed by atoms with Gasteiger partial charge in [-0.15, -0.1) is 0 Å². The van der Waals surface area contributed by atoms with Crippen LogP contribution >= 0.6 is 0 Å². The number of rotatable bonds is 2. The lowest BCUT2D eigenvalue weighted by Crippen LogP contribution is -2.36. The van der Waals surface area contributed by atoms with Crippen LogP contribution in [0.5, 0.6) is 0 Å². The molecule has 1 fully saturated rings. The zero-order valence-electron chi connectivity index (χ0n) is 8.48. The first-order chi connectivity index (χ1) is 7.63. The minimum atomic E-state index is -0.923. The Bertz CT molecular complexity index is 433. The fourth-order valence-corrected chi connectivity index (χ4v) is 1.75. The summed E-state index contributed by atoms with van der Waals surface area (Å²) in [5.41, 5.74) is 4.82. The molecule has 1 aliphatic rings.